The molecular weight excluding hydrogens is 338 g/mol. The molecule has 120 valence electrons. The Balaban J connectivity index is 1.66. The van der Waals surface area contributed by atoms with E-state index in [4.69, 9.17) is 23.2 Å². The summed E-state index contributed by atoms with van der Waals surface area (Å²) < 4.78 is 13.0. The van der Waals surface area contributed by atoms with Crippen molar-refractivity contribution in [2.75, 3.05) is 31.1 Å². The molecule has 0 atom stereocenters. The first-order chi connectivity index (χ1) is 11.0. The molecule has 0 spiro atoms. The monoisotopic (exact) mass is 352 g/mol. The molecule has 2 aromatic carbocycles. The lowest BCUT2D eigenvalue weighted by atomic mass is 10.1. The van der Waals surface area contributed by atoms with Gasteiger partial charge in [0.05, 0.1) is 0 Å². The Morgan fingerprint density at radius 2 is 1.48 bits per heavy atom. The van der Waals surface area contributed by atoms with Gasteiger partial charge in [-0.2, -0.15) is 0 Å². The van der Waals surface area contributed by atoms with E-state index in [1.54, 1.807) is 35.2 Å². The third kappa shape index (κ3) is 3.77. The predicted molar refractivity (Wildman–Crippen MR) is 91.0 cm³/mol. The Labute approximate surface area is 144 Å². The molecule has 0 aromatic heterocycles. The zero-order valence-electron chi connectivity index (χ0n) is 12.3. The fourth-order valence-corrected chi connectivity index (χ4v) is 3.21. The summed E-state index contributed by atoms with van der Waals surface area (Å²) in [6.45, 7) is 2.60. The van der Waals surface area contributed by atoms with Crippen LogP contribution in [-0.4, -0.2) is 37.0 Å². The highest BCUT2D eigenvalue weighted by Crippen LogP contribution is 2.22. The first kappa shape index (κ1) is 16.1. The van der Waals surface area contributed by atoms with Crippen LogP contribution in [0.15, 0.2) is 42.5 Å². The molecule has 0 radical (unpaired) electrons. The predicted octanol–water partition coefficient (Wildman–Crippen LogP) is 4.09. The van der Waals surface area contributed by atoms with Gasteiger partial charge in [-0.05, 0) is 42.5 Å². The van der Waals surface area contributed by atoms with E-state index in [1.165, 1.54) is 12.1 Å². The molecular formula is C17H15Cl2FN2O. The van der Waals surface area contributed by atoms with Crippen molar-refractivity contribution >= 4 is 34.8 Å². The maximum atomic E-state index is 13.0. The van der Waals surface area contributed by atoms with Crippen molar-refractivity contribution in [3.8, 4) is 0 Å². The van der Waals surface area contributed by atoms with Crippen LogP contribution in [0.5, 0.6) is 0 Å². The topological polar surface area (TPSA) is 23.6 Å². The third-order valence-corrected chi connectivity index (χ3v) is 4.30. The Kier molecular flexibility index (Phi) is 4.74. The summed E-state index contributed by atoms with van der Waals surface area (Å²) in [5.41, 5.74) is 1.46. The number of hydrogen-bond acceptors (Lipinski definition) is 2. The number of halogens is 3. The van der Waals surface area contributed by atoms with Crippen molar-refractivity contribution in [2.24, 2.45) is 0 Å². The second kappa shape index (κ2) is 6.77. The van der Waals surface area contributed by atoms with E-state index in [-0.39, 0.29) is 11.7 Å². The minimum Gasteiger partial charge on any atom is -0.368 e. The van der Waals surface area contributed by atoms with Crippen molar-refractivity contribution in [3.05, 3.63) is 63.9 Å². The highest BCUT2D eigenvalue weighted by atomic mass is 35.5. The number of hydrogen-bond donors (Lipinski definition) is 0. The summed E-state index contributed by atoms with van der Waals surface area (Å²) in [5, 5.41) is 0.900. The fourth-order valence-electron chi connectivity index (χ4n) is 2.68. The van der Waals surface area contributed by atoms with Gasteiger partial charge in [0, 0.05) is 47.5 Å². The van der Waals surface area contributed by atoms with Crippen LogP contribution in [0.1, 0.15) is 10.4 Å². The van der Waals surface area contributed by atoms with Gasteiger partial charge in [-0.1, -0.05) is 23.2 Å². The lowest BCUT2D eigenvalue weighted by Crippen LogP contribution is -2.48. The van der Waals surface area contributed by atoms with Gasteiger partial charge in [0.1, 0.15) is 5.82 Å². The summed E-state index contributed by atoms with van der Waals surface area (Å²) in [5.74, 6) is -0.325. The third-order valence-electron chi connectivity index (χ3n) is 3.87. The maximum Gasteiger partial charge on any atom is 0.254 e. The van der Waals surface area contributed by atoms with Gasteiger partial charge in [-0.25, -0.2) is 4.39 Å². The first-order valence-electron chi connectivity index (χ1n) is 7.29. The van der Waals surface area contributed by atoms with Crippen LogP contribution in [0.4, 0.5) is 10.1 Å². The van der Waals surface area contributed by atoms with Crippen molar-refractivity contribution in [3.63, 3.8) is 0 Å². The number of piperazine rings is 1. The zero-order valence-corrected chi connectivity index (χ0v) is 13.8. The van der Waals surface area contributed by atoms with Gasteiger partial charge in [0.15, 0.2) is 0 Å². The average molecular weight is 353 g/mol. The smallest absolute Gasteiger partial charge is 0.254 e. The molecule has 0 saturated carbocycles. The second-order valence-electron chi connectivity index (χ2n) is 5.41. The van der Waals surface area contributed by atoms with E-state index >= 15 is 0 Å². The lowest BCUT2D eigenvalue weighted by molar-refractivity contribution is 0.0747. The summed E-state index contributed by atoms with van der Waals surface area (Å²) in [7, 11) is 0. The highest BCUT2D eigenvalue weighted by Gasteiger charge is 2.22. The van der Waals surface area contributed by atoms with Gasteiger partial charge in [-0.15, -0.1) is 0 Å². The zero-order chi connectivity index (χ0) is 16.4. The Morgan fingerprint density at radius 1 is 0.913 bits per heavy atom. The Bertz CT molecular complexity index is 693. The van der Waals surface area contributed by atoms with E-state index in [2.05, 4.69) is 4.90 Å². The molecule has 1 heterocycles. The SMILES string of the molecule is O=C(c1cc(Cl)cc(Cl)c1)N1CCN(c2ccc(F)cc2)CC1. The number of carbonyl (C=O) groups is 1. The van der Waals surface area contributed by atoms with Gasteiger partial charge in [-0.3, -0.25) is 4.79 Å². The van der Waals surface area contributed by atoms with Crippen molar-refractivity contribution in [2.45, 2.75) is 0 Å². The fraction of sp³-hybridized carbons (Fsp3) is 0.235. The maximum absolute atomic E-state index is 13.0. The summed E-state index contributed by atoms with van der Waals surface area (Å²) in [6, 6.07) is 11.3. The van der Waals surface area contributed by atoms with Crippen LogP contribution < -0.4 is 4.90 Å². The van der Waals surface area contributed by atoms with Crippen LogP contribution >= 0.6 is 23.2 Å². The molecule has 2 aromatic rings. The van der Waals surface area contributed by atoms with Gasteiger partial charge in [0.25, 0.3) is 5.91 Å². The molecule has 0 bridgehead atoms. The summed E-state index contributed by atoms with van der Waals surface area (Å²) in [4.78, 5) is 16.4. The summed E-state index contributed by atoms with van der Waals surface area (Å²) >= 11 is 11.9. The second-order valence-corrected chi connectivity index (χ2v) is 6.29. The van der Waals surface area contributed by atoms with Crippen LogP contribution in [-0.2, 0) is 0 Å². The van der Waals surface area contributed by atoms with E-state index in [0.717, 1.165) is 5.69 Å². The Morgan fingerprint density at radius 3 is 2.04 bits per heavy atom. The number of nitrogens with zero attached hydrogens (tertiary/aromatic N) is 2. The van der Waals surface area contributed by atoms with E-state index in [1.807, 2.05) is 0 Å². The van der Waals surface area contributed by atoms with E-state index in [0.29, 0.717) is 41.8 Å². The lowest BCUT2D eigenvalue weighted by Gasteiger charge is -2.36. The standard InChI is InChI=1S/C17H15Cl2FN2O/c18-13-9-12(10-14(19)11-13)17(23)22-7-5-21(6-8-22)16-3-1-15(20)2-4-16/h1-4,9-11H,5-8H2. The summed E-state index contributed by atoms with van der Waals surface area (Å²) in [6.07, 6.45) is 0. The van der Waals surface area contributed by atoms with E-state index in [9.17, 15) is 9.18 Å². The molecule has 1 saturated heterocycles. The molecule has 1 aliphatic rings. The van der Waals surface area contributed by atoms with Crippen LogP contribution in [0.2, 0.25) is 10.0 Å². The van der Waals surface area contributed by atoms with Gasteiger partial charge >= 0.3 is 0 Å². The molecule has 0 aliphatic carbocycles. The number of carbonyl (C=O) groups excluding carboxylic acids is 1. The molecule has 3 nitrogen and oxygen atoms in total. The van der Waals surface area contributed by atoms with Crippen molar-refractivity contribution < 1.29 is 9.18 Å². The van der Waals surface area contributed by atoms with Crippen molar-refractivity contribution in [1.29, 1.82) is 0 Å². The average Bonchev–Trinajstić information content (AvgIpc) is 2.54. The van der Waals surface area contributed by atoms with Crippen LogP contribution in [0, 0.1) is 5.82 Å². The number of benzene rings is 2. The molecule has 1 aliphatic heterocycles. The molecule has 23 heavy (non-hydrogen) atoms. The first-order valence-corrected chi connectivity index (χ1v) is 8.04. The number of rotatable bonds is 2. The number of amides is 1. The quantitative estimate of drug-likeness (QED) is 0.812. The van der Waals surface area contributed by atoms with Gasteiger partial charge < -0.3 is 9.80 Å². The molecule has 0 N–H and O–H groups in total. The molecule has 3 rings (SSSR count). The molecule has 1 fully saturated rings. The van der Waals surface area contributed by atoms with Crippen molar-refractivity contribution in [1.82, 2.24) is 4.90 Å². The van der Waals surface area contributed by atoms with Crippen LogP contribution in [0.25, 0.3) is 0 Å². The molecule has 6 heteroatoms. The Hall–Kier alpha value is -1.78. The normalized spacial score (nSPS) is 14.9. The molecule has 0 unspecified atom stereocenters. The molecule has 1 amide bonds. The largest absolute Gasteiger partial charge is 0.368 e. The minimum absolute atomic E-state index is 0.0758. The van der Waals surface area contributed by atoms with Crippen LogP contribution in [0.3, 0.4) is 0 Å². The van der Waals surface area contributed by atoms with E-state index < -0.39 is 0 Å². The van der Waals surface area contributed by atoms with Gasteiger partial charge in [0.2, 0.25) is 0 Å². The number of anilines is 1. The highest BCUT2D eigenvalue weighted by molar-refractivity contribution is 6.35. The minimum atomic E-state index is -0.250.